The molecular formula is C18H12ClNO2S. The summed E-state index contributed by atoms with van der Waals surface area (Å²) in [6.45, 7) is 0. The smallest absolute Gasteiger partial charge is 0.268 e. The molecule has 0 saturated carbocycles. The molecule has 1 N–H and O–H groups in total. The average Bonchev–Trinajstić information content (AvgIpc) is 3.06. The van der Waals surface area contributed by atoms with Crippen LogP contribution in [0, 0.1) is 0 Å². The Hall–Kier alpha value is -2.43. The summed E-state index contributed by atoms with van der Waals surface area (Å²) in [7, 11) is 0. The van der Waals surface area contributed by atoms with Gasteiger partial charge in [-0.1, -0.05) is 41.9 Å². The second kappa shape index (κ2) is 6.77. The van der Waals surface area contributed by atoms with Crippen molar-refractivity contribution in [1.29, 1.82) is 0 Å². The molecule has 0 aliphatic heterocycles. The summed E-state index contributed by atoms with van der Waals surface area (Å²) in [5, 5.41) is 3.06. The topological polar surface area (TPSA) is 46.2 Å². The Morgan fingerprint density at radius 1 is 0.826 bits per heavy atom. The van der Waals surface area contributed by atoms with E-state index in [9.17, 15) is 9.59 Å². The highest BCUT2D eigenvalue weighted by Gasteiger charge is 2.14. The lowest BCUT2D eigenvalue weighted by Gasteiger charge is -2.02. The van der Waals surface area contributed by atoms with Gasteiger partial charge in [-0.3, -0.25) is 14.9 Å². The number of nitrogens with one attached hydrogen (secondary N) is 1. The first-order valence-electron chi connectivity index (χ1n) is 6.90. The predicted octanol–water partition coefficient (Wildman–Crippen LogP) is 4.64. The van der Waals surface area contributed by atoms with Crippen LogP contribution in [-0.2, 0) is 0 Å². The molecule has 3 nitrogen and oxygen atoms in total. The summed E-state index contributed by atoms with van der Waals surface area (Å²) in [5.41, 5.74) is 1.43. The molecule has 114 valence electrons. The van der Waals surface area contributed by atoms with Gasteiger partial charge in [0.05, 0.1) is 4.88 Å². The van der Waals surface area contributed by atoms with E-state index in [1.54, 1.807) is 42.5 Å². The van der Waals surface area contributed by atoms with E-state index in [1.807, 2.05) is 24.3 Å². The van der Waals surface area contributed by atoms with Gasteiger partial charge in [0.25, 0.3) is 11.8 Å². The molecule has 0 aliphatic rings. The lowest BCUT2D eigenvalue weighted by atomic mass is 10.2. The monoisotopic (exact) mass is 341 g/mol. The largest absolute Gasteiger partial charge is 0.287 e. The summed E-state index contributed by atoms with van der Waals surface area (Å²) in [6.07, 6.45) is 0. The second-order valence-electron chi connectivity index (χ2n) is 4.82. The van der Waals surface area contributed by atoms with Crippen LogP contribution in [0.1, 0.15) is 20.0 Å². The molecule has 0 unspecified atom stereocenters. The lowest BCUT2D eigenvalue weighted by molar-refractivity contribution is 0.0851. The fraction of sp³-hybridized carbons (Fsp3) is 0. The molecule has 2 amide bonds. The zero-order valence-electron chi connectivity index (χ0n) is 12.0. The van der Waals surface area contributed by atoms with Gasteiger partial charge in [0.1, 0.15) is 0 Å². The highest BCUT2D eigenvalue weighted by atomic mass is 35.5. The quantitative estimate of drug-likeness (QED) is 0.705. The molecule has 0 spiro atoms. The van der Waals surface area contributed by atoms with Crippen molar-refractivity contribution in [1.82, 2.24) is 5.32 Å². The van der Waals surface area contributed by atoms with E-state index in [0.29, 0.717) is 15.5 Å². The van der Waals surface area contributed by atoms with Crippen LogP contribution in [0.5, 0.6) is 0 Å². The van der Waals surface area contributed by atoms with Crippen LogP contribution in [0.15, 0.2) is 66.7 Å². The number of halogens is 1. The van der Waals surface area contributed by atoms with Gasteiger partial charge in [-0.2, -0.15) is 0 Å². The zero-order chi connectivity index (χ0) is 16.2. The standard InChI is InChI=1S/C18H12ClNO2S/c19-14-8-6-12(7-9-14)15-10-11-16(23-15)18(22)20-17(21)13-4-2-1-3-5-13/h1-11H,(H,20,21,22). The molecule has 1 heterocycles. The van der Waals surface area contributed by atoms with Crippen LogP contribution in [0.3, 0.4) is 0 Å². The molecule has 0 bridgehead atoms. The third-order valence-electron chi connectivity index (χ3n) is 3.22. The number of hydrogen-bond donors (Lipinski definition) is 1. The van der Waals surface area contributed by atoms with Crippen molar-refractivity contribution in [2.45, 2.75) is 0 Å². The minimum atomic E-state index is -0.406. The van der Waals surface area contributed by atoms with E-state index in [1.165, 1.54) is 11.3 Å². The Balaban J connectivity index is 1.74. The maximum Gasteiger partial charge on any atom is 0.268 e. The Morgan fingerprint density at radius 2 is 1.52 bits per heavy atom. The number of carbonyl (C=O) groups is 2. The van der Waals surface area contributed by atoms with Crippen LogP contribution in [0.4, 0.5) is 0 Å². The van der Waals surface area contributed by atoms with Gasteiger partial charge in [-0.15, -0.1) is 11.3 Å². The number of rotatable bonds is 3. The molecule has 0 saturated heterocycles. The van der Waals surface area contributed by atoms with Crippen molar-refractivity contribution in [2.75, 3.05) is 0 Å². The summed E-state index contributed by atoms with van der Waals surface area (Å²) in [6, 6.07) is 19.6. The first-order valence-corrected chi connectivity index (χ1v) is 8.09. The second-order valence-corrected chi connectivity index (χ2v) is 6.34. The maximum atomic E-state index is 12.2. The van der Waals surface area contributed by atoms with E-state index < -0.39 is 11.8 Å². The molecule has 0 atom stereocenters. The van der Waals surface area contributed by atoms with Gasteiger partial charge in [0.15, 0.2) is 0 Å². The molecule has 5 heteroatoms. The summed E-state index contributed by atoms with van der Waals surface area (Å²) in [5.74, 6) is -0.805. The van der Waals surface area contributed by atoms with Gasteiger partial charge in [-0.25, -0.2) is 0 Å². The molecule has 3 rings (SSSR count). The highest BCUT2D eigenvalue weighted by Crippen LogP contribution is 2.29. The fourth-order valence-electron chi connectivity index (χ4n) is 2.06. The number of benzene rings is 2. The van der Waals surface area contributed by atoms with Gasteiger partial charge in [0, 0.05) is 15.5 Å². The number of imide groups is 1. The molecule has 1 aromatic heterocycles. The van der Waals surface area contributed by atoms with Crippen molar-refractivity contribution in [2.24, 2.45) is 0 Å². The lowest BCUT2D eigenvalue weighted by Crippen LogP contribution is -2.29. The minimum Gasteiger partial charge on any atom is -0.287 e. The van der Waals surface area contributed by atoms with Crippen molar-refractivity contribution >= 4 is 34.8 Å². The highest BCUT2D eigenvalue weighted by molar-refractivity contribution is 7.17. The predicted molar refractivity (Wildman–Crippen MR) is 93.0 cm³/mol. The summed E-state index contributed by atoms with van der Waals surface area (Å²) >= 11 is 7.20. The molecular weight excluding hydrogens is 330 g/mol. The number of hydrogen-bond acceptors (Lipinski definition) is 3. The molecule has 2 aromatic carbocycles. The van der Waals surface area contributed by atoms with Crippen LogP contribution in [0.2, 0.25) is 5.02 Å². The third-order valence-corrected chi connectivity index (χ3v) is 4.61. The van der Waals surface area contributed by atoms with E-state index in [4.69, 9.17) is 11.6 Å². The minimum absolute atomic E-state index is 0.399. The number of amides is 2. The van der Waals surface area contributed by atoms with Crippen LogP contribution in [-0.4, -0.2) is 11.8 Å². The maximum absolute atomic E-state index is 12.2. The SMILES string of the molecule is O=C(NC(=O)c1ccc(-c2ccc(Cl)cc2)s1)c1ccccc1. The van der Waals surface area contributed by atoms with E-state index >= 15 is 0 Å². The van der Waals surface area contributed by atoms with Crippen LogP contribution >= 0.6 is 22.9 Å². The Kier molecular flexibility index (Phi) is 4.55. The first-order chi connectivity index (χ1) is 11.1. The van der Waals surface area contributed by atoms with Crippen LogP contribution in [0.25, 0.3) is 10.4 Å². The number of thiophene rings is 1. The molecule has 3 aromatic rings. The van der Waals surface area contributed by atoms with Gasteiger partial charge in [-0.05, 0) is 42.0 Å². The van der Waals surface area contributed by atoms with Crippen molar-refractivity contribution in [3.8, 4) is 10.4 Å². The summed E-state index contributed by atoms with van der Waals surface area (Å²) in [4.78, 5) is 25.6. The van der Waals surface area contributed by atoms with Crippen molar-refractivity contribution in [3.05, 3.63) is 82.2 Å². The van der Waals surface area contributed by atoms with Crippen molar-refractivity contribution in [3.63, 3.8) is 0 Å². The third kappa shape index (κ3) is 3.67. The molecule has 23 heavy (non-hydrogen) atoms. The van der Waals surface area contributed by atoms with E-state index in [0.717, 1.165) is 10.4 Å². The Morgan fingerprint density at radius 3 is 2.22 bits per heavy atom. The van der Waals surface area contributed by atoms with Gasteiger partial charge in [0.2, 0.25) is 0 Å². The van der Waals surface area contributed by atoms with Gasteiger partial charge < -0.3 is 0 Å². The molecule has 0 fully saturated rings. The fourth-order valence-corrected chi connectivity index (χ4v) is 3.09. The Bertz CT molecular complexity index is 841. The van der Waals surface area contributed by atoms with Gasteiger partial charge >= 0.3 is 0 Å². The van der Waals surface area contributed by atoms with Crippen molar-refractivity contribution < 1.29 is 9.59 Å². The van der Waals surface area contributed by atoms with Crippen LogP contribution < -0.4 is 5.32 Å². The molecule has 0 aliphatic carbocycles. The summed E-state index contributed by atoms with van der Waals surface area (Å²) < 4.78 is 0. The number of carbonyl (C=O) groups excluding carboxylic acids is 2. The first kappa shape index (κ1) is 15.5. The molecule has 0 radical (unpaired) electrons. The zero-order valence-corrected chi connectivity index (χ0v) is 13.5. The average molecular weight is 342 g/mol. The Labute approximate surface area is 142 Å². The van der Waals surface area contributed by atoms with E-state index in [2.05, 4.69) is 5.32 Å². The normalized spacial score (nSPS) is 10.3. The van der Waals surface area contributed by atoms with E-state index in [-0.39, 0.29) is 0 Å².